The largest absolute Gasteiger partial charge is 0.424 e. The zero-order valence-electron chi connectivity index (χ0n) is 15.2. The molecule has 0 amide bonds. The zero-order valence-corrected chi connectivity index (χ0v) is 16.0. The van der Waals surface area contributed by atoms with E-state index in [0.29, 0.717) is 27.8 Å². The van der Waals surface area contributed by atoms with Crippen LogP contribution in [-0.4, -0.2) is 19.7 Å². The van der Waals surface area contributed by atoms with E-state index >= 15 is 0 Å². The summed E-state index contributed by atoms with van der Waals surface area (Å²) >= 11 is 1.42. The third-order valence-electron chi connectivity index (χ3n) is 4.21. The van der Waals surface area contributed by atoms with E-state index in [1.807, 2.05) is 56.3 Å². The van der Waals surface area contributed by atoms with E-state index in [-0.39, 0.29) is 10.8 Å². The minimum absolute atomic E-state index is 0.0964. The van der Waals surface area contributed by atoms with Gasteiger partial charge in [0, 0.05) is 6.92 Å². The second-order valence-corrected chi connectivity index (χ2v) is 7.61. The SMILES string of the molecule is Cc1ccc(-n2c(SC(C)c3nnc(C)o3)nc3ccccc3c2=O)cc1. The van der Waals surface area contributed by atoms with Crippen LogP contribution in [0.25, 0.3) is 16.6 Å². The van der Waals surface area contributed by atoms with Crippen LogP contribution >= 0.6 is 11.8 Å². The molecule has 2 aromatic heterocycles. The molecule has 0 saturated carbocycles. The smallest absolute Gasteiger partial charge is 0.266 e. The van der Waals surface area contributed by atoms with Crippen molar-refractivity contribution in [2.75, 3.05) is 0 Å². The normalized spacial score (nSPS) is 12.4. The first-order valence-electron chi connectivity index (χ1n) is 8.58. The topological polar surface area (TPSA) is 73.8 Å². The van der Waals surface area contributed by atoms with Gasteiger partial charge in [-0.05, 0) is 38.1 Å². The Labute approximate surface area is 160 Å². The van der Waals surface area contributed by atoms with Gasteiger partial charge in [0.15, 0.2) is 5.16 Å². The molecule has 4 rings (SSSR count). The molecular formula is C20H18N4O2S. The van der Waals surface area contributed by atoms with E-state index in [1.54, 1.807) is 17.6 Å². The van der Waals surface area contributed by atoms with E-state index < -0.39 is 0 Å². The van der Waals surface area contributed by atoms with Crippen LogP contribution in [-0.2, 0) is 0 Å². The first-order chi connectivity index (χ1) is 13.0. The number of benzene rings is 2. The van der Waals surface area contributed by atoms with Crippen molar-refractivity contribution in [1.29, 1.82) is 0 Å². The van der Waals surface area contributed by atoms with Crippen molar-refractivity contribution in [1.82, 2.24) is 19.7 Å². The molecule has 0 aliphatic rings. The average molecular weight is 378 g/mol. The van der Waals surface area contributed by atoms with Crippen LogP contribution in [0, 0.1) is 13.8 Å². The lowest BCUT2D eigenvalue weighted by molar-refractivity contribution is 0.470. The van der Waals surface area contributed by atoms with Crippen LogP contribution < -0.4 is 5.56 Å². The fourth-order valence-electron chi connectivity index (χ4n) is 2.80. The van der Waals surface area contributed by atoms with E-state index in [9.17, 15) is 4.79 Å². The number of aryl methyl sites for hydroxylation is 2. The Kier molecular flexibility index (Phi) is 4.53. The van der Waals surface area contributed by atoms with Gasteiger partial charge in [0.1, 0.15) is 0 Å². The molecule has 0 saturated heterocycles. The average Bonchev–Trinajstić information content (AvgIpc) is 3.10. The third kappa shape index (κ3) is 3.38. The first kappa shape index (κ1) is 17.5. The van der Waals surface area contributed by atoms with Crippen LogP contribution in [0.5, 0.6) is 0 Å². The summed E-state index contributed by atoms with van der Waals surface area (Å²) in [7, 11) is 0. The first-order valence-corrected chi connectivity index (χ1v) is 9.46. The van der Waals surface area contributed by atoms with Gasteiger partial charge in [0.25, 0.3) is 5.56 Å². The van der Waals surface area contributed by atoms with Crippen molar-refractivity contribution >= 4 is 22.7 Å². The van der Waals surface area contributed by atoms with Crippen molar-refractivity contribution in [2.24, 2.45) is 0 Å². The summed E-state index contributed by atoms with van der Waals surface area (Å²) < 4.78 is 7.18. The van der Waals surface area contributed by atoms with Crippen LogP contribution in [0.1, 0.15) is 29.5 Å². The highest BCUT2D eigenvalue weighted by atomic mass is 32.2. The van der Waals surface area contributed by atoms with Crippen molar-refractivity contribution < 1.29 is 4.42 Å². The molecular weight excluding hydrogens is 360 g/mol. The quantitative estimate of drug-likeness (QED) is 0.391. The molecule has 1 atom stereocenters. The minimum Gasteiger partial charge on any atom is -0.424 e. The Morgan fingerprint density at radius 2 is 1.78 bits per heavy atom. The summed E-state index contributed by atoms with van der Waals surface area (Å²) in [5.74, 6) is 1.02. The number of thioether (sulfide) groups is 1. The van der Waals surface area contributed by atoms with E-state index in [0.717, 1.165) is 11.3 Å². The molecule has 0 bridgehead atoms. The fraction of sp³-hybridized carbons (Fsp3) is 0.200. The van der Waals surface area contributed by atoms with E-state index in [4.69, 9.17) is 9.40 Å². The summed E-state index contributed by atoms with van der Waals surface area (Å²) in [4.78, 5) is 18.0. The van der Waals surface area contributed by atoms with Gasteiger partial charge in [-0.3, -0.25) is 9.36 Å². The van der Waals surface area contributed by atoms with Gasteiger partial charge in [-0.1, -0.05) is 41.6 Å². The molecule has 0 radical (unpaired) electrons. The van der Waals surface area contributed by atoms with Gasteiger partial charge in [0.2, 0.25) is 11.8 Å². The van der Waals surface area contributed by atoms with Gasteiger partial charge in [-0.2, -0.15) is 0 Å². The fourth-order valence-corrected chi connectivity index (χ4v) is 3.75. The molecule has 6 nitrogen and oxygen atoms in total. The second-order valence-electron chi connectivity index (χ2n) is 6.31. The minimum atomic E-state index is -0.143. The predicted molar refractivity (Wildman–Crippen MR) is 105 cm³/mol. The maximum absolute atomic E-state index is 13.2. The van der Waals surface area contributed by atoms with E-state index in [1.165, 1.54) is 11.8 Å². The lowest BCUT2D eigenvalue weighted by Gasteiger charge is -2.15. The number of hydrogen-bond acceptors (Lipinski definition) is 6. The standard InChI is InChI=1S/C20H18N4O2S/c1-12-8-10-15(11-9-12)24-19(25)16-6-4-5-7-17(16)21-20(24)27-13(2)18-23-22-14(3)26-18/h4-11,13H,1-3H3. The van der Waals surface area contributed by atoms with Crippen LogP contribution in [0.3, 0.4) is 0 Å². The second kappa shape index (κ2) is 7.00. The molecule has 27 heavy (non-hydrogen) atoms. The van der Waals surface area contributed by atoms with Crippen molar-refractivity contribution in [3.8, 4) is 5.69 Å². The van der Waals surface area contributed by atoms with Gasteiger partial charge in [-0.25, -0.2) is 4.98 Å². The van der Waals surface area contributed by atoms with Gasteiger partial charge < -0.3 is 4.42 Å². The highest BCUT2D eigenvalue weighted by Crippen LogP contribution is 2.34. The molecule has 2 heterocycles. The number of hydrogen-bond donors (Lipinski definition) is 0. The van der Waals surface area contributed by atoms with Crippen LogP contribution in [0.15, 0.2) is 62.9 Å². The van der Waals surface area contributed by atoms with Gasteiger partial charge in [0.05, 0.1) is 21.8 Å². The summed E-state index contributed by atoms with van der Waals surface area (Å²) in [6.07, 6.45) is 0. The zero-order chi connectivity index (χ0) is 19.0. The molecule has 0 N–H and O–H groups in total. The van der Waals surface area contributed by atoms with E-state index in [2.05, 4.69) is 10.2 Å². The molecule has 2 aromatic carbocycles. The molecule has 0 fully saturated rings. The highest BCUT2D eigenvalue weighted by Gasteiger charge is 2.20. The molecule has 0 spiro atoms. The predicted octanol–water partition coefficient (Wildman–Crippen LogP) is 4.24. The number of aromatic nitrogens is 4. The molecule has 7 heteroatoms. The molecule has 1 unspecified atom stereocenters. The third-order valence-corrected chi connectivity index (χ3v) is 5.25. The maximum Gasteiger partial charge on any atom is 0.266 e. The molecule has 0 aliphatic carbocycles. The highest BCUT2D eigenvalue weighted by molar-refractivity contribution is 7.99. The molecule has 136 valence electrons. The number of fused-ring (bicyclic) bond motifs is 1. The Bertz CT molecular complexity index is 1160. The van der Waals surface area contributed by atoms with Gasteiger partial charge in [-0.15, -0.1) is 10.2 Å². The van der Waals surface area contributed by atoms with Crippen molar-refractivity contribution in [2.45, 2.75) is 31.2 Å². The summed E-state index contributed by atoms with van der Waals surface area (Å²) in [5, 5.41) is 9.01. The van der Waals surface area contributed by atoms with Crippen molar-refractivity contribution in [3.05, 3.63) is 76.2 Å². The number of nitrogens with zero attached hydrogens (tertiary/aromatic N) is 4. The Morgan fingerprint density at radius 1 is 1.04 bits per heavy atom. The summed E-state index contributed by atoms with van der Waals surface area (Å²) in [6, 6.07) is 15.2. The van der Waals surface area contributed by atoms with Gasteiger partial charge >= 0.3 is 0 Å². The molecule has 0 aliphatic heterocycles. The Balaban J connectivity index is 1.88. The lowest BCUT2D eigenvalue weighted by atomic mass is 10.2. The number of para-hydroxylation sites is 1. The summed E-state index contributed by atoms with van der Waals surface area (Å²) in [5.41, 5.74) is 2.48. The Hall–Kier alpha value is -2.93. The summed E-state index contributed by atoms with van der Waals surface area (Å²) in [6.45, 7) is 5.73. The monoisotopic (exact) mass is 378 g/mol. The van der Waals surface area contributed by atoms with Crippen molar-refractivity contribution in [3.63, 3.8) is 0 Å². The van der Waals surface area contributed by atoms with Crippen LogP contribution in [0.4, 0.5) is 0 Å². The lowest BCUT2D eigenvalue weighted by Crippen LogP contribution is -2.22. The maximum atomic E-state index is 13.2. The number of rotatable bonds is 4. The Morgan fingerprint density at radius 3 is 2.48 bits per heavy atom. The van der Waals surface area contributed by atoms with Crippen LogP contribution in [0.2, 0.25) is 0 Å². The molecule has 4 aromatic rings.